The van der Waals surface area contributed by atoms with Crippen LogP contribution < -0.4 is 10.6 Å². The van der Waals surface area contributed by atoms with E-state index in [1.54, 1.807) is 6.20 Å². The number of hydrogen-bond acceptors (Lipinski definition) is 4. The van der Waals surface area contributed by atoms with Crippen LogP contribution in [0.15, 0.2) is 18.3 Å². The van der Waals surface area contributed by atoms with Gasteiger partial charge in [-0.3, -0.25) is 10.4 Å². The molecule has 1 aromatic rings. The molecule has 0 saturated carbocycles. The van der Waals surface area contributed by atoms with E-state index in [2.05, 4.69) is 9.88 Å². The van der Waals surface area contributed by atoms with E-state index < -0.39 is 0 Å². The van der Waals surface area contributed by atoms with Gasteiger partial charge in [-0.2, -0.15) is 0 Å². The fourth-order valence-corrected chi connectivity index (χ4v) is 2.29. The fraction of sp³-hybridized carbons (Fsp3) is 0.500. The zero-order valence-electron chi connectivity index (χ0n) is 9.76. The number of piperidine rings is 1. The van der Waals surface area contributed by atoms with Gasteiger partial charge in [-0.15, -0.1) is 0 Å². The normalized spacial score (nSPS) is 20.3. The number of hydrogen-bond donors (Lipinski definition) is 3. The molecule has 1 saturated heterocycles. The Balaban J connectivity index is 2.24. The van der Waals surface area contributed by atoms with Gasteiger partial charge in [0, 0.05) is 25.9 Å². The zero-order chi connectivity index (χ0) is 12.3. The Morgan fingerprint density at radius 3 is 3.18 bits per heavy atom. The number of amidine groups is 1. The lowest BCUT2D eigenvalue weighted by Gasteiger charge is -2.34. The highest BCUT2D eigenvalue weighted by molar-refractivity contribution is 5.98. The minimum Gasteiger partial charge on any atom is -0.396 e. The lowest BCUT2D eigenvalue weighted by molar-refractivity contribution is 0.208. The average Bonchev–Trinajstić information content (AvgIpc) is 2.39. The van der Waals surface area contributed by atoms with E-state index in [0.717, 1.165) is 31.6 Å². The van der Waals surface area contributed by atoms with E-state index in [-0.39, 0.29) is 12.4 Å². The fourth-order valence-electron chi connectivity index (χ4n) is 2.29. The topological polar surface area (TPSA) is 86.2 Å². The van der Waals surface area contributed by atoms with Crippen LogP contribution in [-0.2, 0) is 0 Å². The number of aromatic nitrogens is 1. The molecule has 1 fully saturated rings. The van der Waals surface area contributed by atoms with Crippen molar-refractivity contribution in [1.82, 2.24) is 4.98 Å². The van der Waals surface area contributed by atoms with E-state index >= 15 is 0 Å². The molecule has 1 unspecified atom stereocenters. The van der Waals surface area contributed by atoms with Gasteiger partial charge >= 0.3 is 0 Å². The molecule has 92 valence electrons. The molecular formula is C12H18N4O. The van der Waals surface area contributed by atoms with Crippen molar-refractivity contribution < 1.29 is 5.11 Å². The molecule has 0 radical (unpaired) electrons. The van der Waals surface area contributed by atoms with Crippen LogP contribution in [0.2, 0.25) is 0 Å². The van der Waals surface area contributed by atoms with Gasteiger partial charge in [-0.25, -0.2) is 0 Å². The second-order valence-electron chi connectivity index (χ2n) is 4.42. The van der Waals surface area contributed by atoms with E-state index in [9.17, 15) is 5.11 Å². The van der Waals surface area contributed by atoms with Gasteiger partial charge in [0.25, 0.3) is 0 Å². The quantitative estimate of drug-likeness (QED) is 0.527. The first-order valence-electron chi connectivity index (χ1n) is 5.87. The van der Waals surface area contributed by atoms with Gasteiger partial charge in [0.15, 0.2) is 0 Å². The maximum Gasteiger partial charge on any atom is 0.143 e. The minimum absolute atomic E-state index is 0.00766. The molecule has 0 amide bonds. The zero-order valence-corrected chi connectivity index (χ0v) is 9.76. The molecule has 17 heavy (non-hydrogen) atoms. The number of nitrogen functional groups attached to an aromatic ring is 1. The molecule has 2 rings (SSSR count). The monoisotopic (exact) mass is 234 g/mol. The molecule has 0 aromatic carbocycles. The second-order valence-corrected chi connectivity index (χ2v) is 4.42. The molecule has 1 aliphatic heterocycles. The summed E-state index contributed by atoms with van der Waals surface area (Å²) in [6, 6.07) is 3.79. The number of aliphatic hydroxyl groups is 1. The lowest BCUT2D eigenvalue weighted by atomic mass is 9.98. The highest BCUT2D eigenvalue weighted by Crippen LogP contribution is 2.24. The lowest BCUT2D eigenvalue weighted by Crippen LogP contribution is -2.38. The molecular weight excluding hydrogens is 216 g/mol. The SMILES string of the molecule is N=C(N)c1ncccc1N1CCCC(CO)C1. The van der Waals surface area contributed by atoms with Crippen molar-refractivity contribution in [3.05, 3.63) is 24.0 Å². The summed E-state index contributed by atoms with van der Waals surface area (Å²) >= 11 is 0. The Morgan fingerprint density at radius 1 is 1.65 bits per heavy atom. The van der Waals surface area contributed by atoms with Crippen molar-refractivity contribution in [2.75, 3.05) is 24.6 Å². The van der Waals surface area contributed by atoms with Crippen molar-refractivity contribution in [2.24, 2.45) is 11.7 Å². The molecule has 0 aliphatic carbocycles. The maximum absolute atomic E-state index is 9.22. The van der Waals surface area contributed by atoms with Crippen LogP contribution in [0.5, 0.6) is 0 Å². The van der Waals surface area contributed by atoms with Gasteiger partial charge in [0.2, 0.25) is 0 Å². The Labute approximate surface area is 101 Å². The van der Waals surface area contributed by atoms with Crippen LogP contribution in [0.25, 0.3) is 0 Å². The van der Waals surface area contributed by atoms with E-state index in [1.165, 1.54) is 0 Å². The van der Waals surface area contributed by atoms with Crippen molar-refractivity contribution in [3.63, 3.8) is 0 Å². The first-order valence-corrected chi connectivity index (χ1v) is 5.87. The standard InChI is InChI=1S/C12H18N4O/c13-12(14)11-10(4-1-5-15-11)16-6-2-3-9(7-16)8-17/h1,4-5,9,17H,2-3,6-8H2,(H3,13,14). The first-order chi connectivity index (χ1) is 8.22. The van der Waals surface area contributed by atoms with Crippen molar-refractivity contribution in [2.45, 2.75) is 12.8 Å². The Kier molecular flexibility index (Phi) is 3.58. The van der Waals surface area contributed by atoms with Crippen LogP contribution in [0, 0.1) is 11.3 Å². The third-order valence-electron chi connectivity index (χ3n) is 3.16. The van der Waals surface area contributed by atoms with Gasteiger partial charge in [0.05, 0.1) is 5.69 Å². The molecule has 4 N–H and O–H groups in total. The van der Waals surface area contributed by atoms with Gasteiger partial charge < -0.3 is 15.7 Å². The van der Waals surface area contributed by atoms with Crippen molar-refractivity contribution in [3.8, 4) is 0 Å². The highest BCUT2D eigenvalue weighted by Gasteiger charge is 2.22. The van der Waals surface area contributed by atoms with Crippen LogP contribution in [-0.4, -0.2) is 35.6 Å². The van der Waals surface area contributed by atoms with Crippen LogP contribution in [0.3, 0.4) is 0 Å². The number of nitrogens with two attached hydrogens (primary N) is 1. The molecule has 5 heteroatoms. The number of nitrogens with one attached hydrogen (secondary N) is 1. The molecule has 5 nitrogen and oxygen atoms in total. The molecule has 1 aliphatic rings. The van der Waals surface area contributed by atoms with Crippen LogP contribution in [0.1, 0.15) is 18.5 Å². The summed E-state index contributed by atoms with van der Waals surface area (Å²) in [7, 11) is 0. The number of anilines is 1. The molecule has 0 bridgehead atoms. The summed E-state index contributed by atoms with van der Waals surface area (Å²) in [6.07, 6.45) is 3.76. The minimum atomic E-state index is -0.00766. The number of aliphatic hydroxyl groups excluding tert-OH is 1. The molecule has 1 atom stereocenters. The number of nitrogens with zero attached hydrogens (tertiary/aromatic N) is 2. The summed E-state index contributed by atoms with van der Waals surface area (Å²) in [5.74, 6) is 0.301. The second kappa shape index (κ2) is 5.14. The van der Waals surface area contributed by atoms with Crippen molar-refractivity contribution >= 4 is 11.5 Å². The average molecular weight is 234 g/mol. The highest BCUT2D eigenvalue weighted by atomic mass is 16.3. The molecule has 2 heterocycles. The predicted octanol–water partition coefficient (Wildman–Crippen LogP) is 0.574. The van der Waals surface area contributed by atoms with Crippen LogP contribution in [0.4, 0.5) is 5.69 Å². The van der Waals surface area contributed by atoms with Crippen molar-refractivity contribution in [1.29, 1.82) is 5.41 Å². The summed E-state index contributed by atoms with van der Waals surface area (Å²) in [5.41, 5.74) is 6.97. The largest absolute Gasteiger partial charge is 0.396 e. The summed E-state index contributed by atoms with van der Waals surface area (Å²) in [6.45, 7) is 1.96. The first kappa shape index (κ1) is 11.9. The van der Waals surface area contributed by atoms with E-state index in [0.29, 0.717) is 11.6 Å². The van der Waals surface area contributed by atoms with E-state index in [1.807, 2.05) is 12.1 Å². The Hall–Kier alpha value is -1.62. The third kappa shape index (κ3) is 2.55. The van der Waals surface area contributed by atoms with Crippen LogP contribution >= 0.6 is 0 Å². The predicted molar refractivity (Wildman–Crippen MR) is 67.3 cm³/mol. The van der Waals surface area contributed by atoms with Gasteiger partial charge in [-0.1, -0.05) is 0 Å². The summed E-state index contributed by atoms with van der Waals surface area (Å²) in [5, 5.41) is 16.8. The summed E-state index contributed by atoms with van der Waals surface area (Å²) < 4.78 is 0. The molecule has 1 aromatic heterocycles. The number of rotatable bonds is 3. The number of pyridine rings is 1. The smallest absolute Gasteiger partial charge is 0.143 e. The Morgan fingerprint density at radius 2 is 2.47 bits per heavy atom. The Bertz CT molecular complexity index is 407. The summed E-state index contributed by atoms with van der Waals surface area (Å²) in [4.78, 5) is 6.31. The third-order valence-corrected chi connectivity index (χ3v) is 3.16. The van der Waals surface area contributed by atoms with E-state index in [4.69, 9.17) is 11.1 Å². The maximum atomic E-state index is 9.22. The molecule has 0 spiro atoms. The van der Waals surface area contributed by atoms with Gasteiger partial charge in [-0.05, 0) is 30.9 Å². The van der Waals surface area contributed by atoms with Gasteiger partial charge in [0.1, 0.15) is 11.5 Å².